The molecule has 0 saturated heterocycles. The molecule has 8 heteroatoms. The zero-order chi connectivity index (χ0) is 14.3. The molecule has 0 aliphatic carbocycles. The van der Waals surface area contributed by atoms with E-state index in [-0.39, 0.29) is 18.3 Å². The van der Waals surface area contributed by atoms with Crippen LogP contribution in [-0.2, 0) is 11.3 Å². The lowest BCUT2D eigenvalue weighted by Crippen LogP contribution is -2.20. The van der Waals surface area contributed by atoms with Crippen molar-refractivity contribution in [1.82, 2.24) is 9.97 Å². The quantitative estimate of drug-likeness (QED) is 0.830. The average Bonchev–Trinajstić information content (AvgIpc) is 2.33. The van der Waals surface area contributed by atoms with Crippen LogP contribution in [0.3, 0.4) is 0 Å². The van der Waals surface area contributed by atoms with E-state index in [1.165, 1.54) is 13.2 Å². The topological polar surface area (TPSA) is 56.3 Å². The molecule has 108 valence electrons. The number of hydrogen-bond acceptors (Lipinski definition) is 5. The van der Waals surface area contributed by atoms with Crippen molar-refractivity contribution in [3.05, 3.63) is 11.9 Å². The smallest absolute Gasteiger partial charge is 0.422 e. The Hall–Kier alpha value is -1.57. The number of ether oxygens (including phenoxy) is 2. The number of anilines is 1. The summed E-state index contributed by atoms with van der Waals surface area (Å²) in [6, 6.07) is 1.33. The lowest BCUT2D eigenvalue weighted by Gasteiger charge is -2.11. The van der Waals surface area contributed by atoms with Crippen LogP contribution in [0.25, 0.3) is 0 Å². The van der Waals surface area contributed by atoms with E-state index in [0.29, 0.717) is 12.4 Å². The Bertz CT molecular complexity index is 399. The molecule has 0 fully saturated rings. The normalized spacial score (nSPS) is 11.4. The second-order valence-corrected chi connectivity index (χ2v) is 3.77. The Morgan fingerprint density at radius 3 is 2.63 bits per heavy atom. The van der Waals surface area contributed by atoms with Gasteiger partial charge in [-0.05, 0) is 6.42 Å². The van der Waals surface area contributed by atoms with Crippen molar-refractivity contribution in [3.63, 3.8) is 0 Å². The first-order chi connectivity index (χ1) is 8.94. The van der Waals surface area contributed by atoms with Crippen molar-refractivity contribution < 1.29 is 22.6 Å². The minimum atomic E-state index is -4.40. The summed E-state index contributed by atoms with van der Waals surface area (Å²) in [7, 11) is 1.45. The Labute approximate surface area is 109 Å². The van der Waals surface area contributed by atoms with E-state index in [4.69, 9.17) is 4.74 Å². The fourth-order valence-electron chi connectivity index (χ4n) is 1.24. The van der Waals surface area contributed by atoms with Crippen molar-refractivity contribution in [1.29, 1.82) is 0 Å². The molecule has 19 heavy (non-hydrogen) atoms. The number of alkyl halides is 3. The van der Waals surface area contributed by atoms with Crippen molar-refractivity contribution in [2.24, 2.45) is 0 Å². The van der Waals surface area contributed by atoms with Gasteiger partial charge in [0, 0.05) is 19.7 Å². The van der Waals surface area contributed by atoms with Crippen LogP contribution in [0, 0.1) is 0 Å². The third-order valence-electron chi connectivity index (χ3n) is 1.96. The van der Waals surface area contributed by atoms with Gasteiger partial charge < -0.3 is 14.8 Å². The molecule has 1 heterocycles. The molecule has 0 unspecified atom stereocenters. The summed E-state index contributed by atoms with van der Waals surface area (Å²) in [5, 5.41) is 2.96. The molecule has 5 nitrogen and oxygen atoms in total. The lowest BCUT2D eigenvalue weighted by atomic mass is 10.4. The Balaban J connectivity index is 2.79. The maximum Gasteiger partial charge on any atom is 0.422 e. The highest BCUT2D eigenvalue weighted by atomic mass is 19.4. The number of nitrogens with zero attached hydrogens (tertiary/aromatic N) is 2. The molecule has 0 bridgehead atoms. The van der Waals surface area contributed by atoms with Crippen molar-refractivity contribution >= 4 is 5.82 Å². The maximum atomic E-state index is 12.1. The van der Waals surface area contributed by atoms with Gasteiger partial charge in [-0.2, -0.15) is 18.2 Å². The Morgan fingerprint density at radius 1 is 1.32 bits per heavy atom. The van der Waals surface area contributed by atoms with E-state index >= 15 is 0 Å². The zero-order valence-corrected chi connectivity index (χ0v) is 10.8. The minimum absolute atomic E-state index is 0.101. The van der Waals surface area contributed by atoms with Crippen LogP contribution < -0.4 is 10.1 Å². The molecular formula is C11H16F3N3O2. The van der Waals surface area contributed by atoms with E-state index in [0.717, 1.165) is 6.42 Å². The molecule has 1 aromatic heterocycles. The molecule has 0 atom stereocenters. The van der Waals surface area contributed by atoms with E-state index in [2.05, 4.69) is 20.0 Å². The van der Waals surface area contributed by atoms with E-state index < -0.39 is 12.8 Å². The second-order valence-electron chi connectivity index (χ2n) is 3.77. The lowest BCUT2D eigenvalue weighted by molar-refractivity contribution is -0.154. The number of nitrogens with one attached hydrogen (secondary N) is 1. The van der Waals surface area contributed by atoms with Crippen LogP contribution in [0.5, 0.6) is 5.88 Å². The molecule has 1 rings (SSSR count). The fourth-order valence-corrected chi connectivity index (χ4v) is 1.24. The van der Waals surface area contributed by atoms with Crippen molar-refractivity contribution in [2.75, 3.05) is 25.6 Å². The van der Waals surface area contributed by atoms with Crippen molar-refractivity contribution in [3.8, 4) is 5.88 Å². The summed E-state index contributed by atoms with van der Waals surface area (Å²) in [6.45, 7) is 1.33. The number of aromatic nitrogens is 2. The Kier molecular flexibility index (Phi) is 5.81. The van der Waals surface area contributed by atoms with Gasteiger partial charge in [0.05, 0.1) is 0 Å². The highest BCUT2D eigenvalue weighted by Crippen LogP contribution is 2.19. The highest BCUT2D eigenvalue weighted by Gasteiger charge is 2.28. The van der Waals surface area contributed by atoms with Crippen LogP contribution in [0.1, 0.15) is 19.2 Å². The molecular weight excluding hydrogens is 263 g/mol. The second kappa shape index (κ2) is 7.13. The molecule has 0 radical (unpaired) electrons. The molecule has 0 spiro atoms. The summed E-state index contributed by atoms with van der Waals surface area (Å²) >= 11 is 0. The maximum absolute atomic E-state index is 12.1. The first-order valence-electron chi connectivity index (χ1n) is 5.75. The summed E-state index contributed by atoms with van der Waals surface area (Å²) < 4.78 is 45.7. The van der Waals surface area contributed by atoms with Crippen LogP contribution in [0.2, 0.25) is 0 Å². The van der Waals surface area contributed by atoms with Gasteiger partial charge in [-0.25, -0.2) is 4.98 Å². The average molecular weight is 279 g/mol. The fraction of sp³-hybridized carbons (Fsp3) is 0.636. The largest absolute Gasteiger partial charge is 0.468 e. The predicted octanol–water partition coefficient (Wildman–Crippen LogP) is 2.39. The van der Waals surface area contributed by atoms with E-state index in [1.54, 1.807) is 0 Å². The van der Waals surface area contributed by atoms with Crippen LogP contribution in [0.15, 0.2) is 6.07 Å². The number of rotatable bonds is 7. The molecule has 0 amide bonds. The van der Waals surface area contributed by atoms with Gasteiger partial charge in [0.2, 0.25) is 5.88 Å². The first-order valence-corrected chi connectivity index (χ1v) is 5.75. The molecule has 1 N–H and O–H groups in total. The predicted molar refractivity (Wildman–Crippen MR) is 63.1 cm³/mol. The zero-order valence-electron chi connectivity index (χ0n) is 10.8. The molecule has 1 aromatic rings. The minimum Gasteiger partial charge on any atom is -0.468 e. The molecule has 0 aliphatic rings. The Morgan fingerprint density at radius 2 is 2.05 bits per heavy atom. The molecule has 0 saturated carbocycles. The molecule has 0 aromatic carbocycles. The number of hydrogen-bond donors (Lipinski definition) is 1. The van der Waals surface area contributed by atoms with Crippen molar-refractivity contribution in [2.45, 2.75) is 26.1 Å². The monoisotopic (exact) mass is 279 g/mol. The highest BCUT2D eigenvalue weighted by molar-refractivity contribution is 5.38. The number of methoxy groups -OCH3 is 1. The summed E-state index contributed by atoms with van der Waals surface area (Å²) in [5.41, 5.74) is 0. The standard InChI is InChI=1S/C11H16F3N3O2/c1-3-4-15-8-5-10(19-7-11(12,13)14)17-9(16-8)6-18-2/h5H,3-4,6-7H2,1-2H3,(H,15,16,17). The summed E-state index contributed by atoms with van der Waals surface area (Å²) in [5.74, 6) is 0.555. The SMILES string of the molecule is CCCNc1cc(OCC(F)(F)F)nc(COC)n1. The molecule has 0 aliphatic heterocycles. The van der Waals surface area contributed by atoms with Gasteiger partial charge in [-0.1, -0.05) is 6.92 Å². The van der Waals surface area contributed by atoms with Crippen LogP contribution in [0.4, 0.5) is 19.0 Å². The number of halogens is 3. The summed E-state index contributed by atoms with van der Waals surface area (Å²) in [4.78, 5) is 7.93. The van der Waals surface area contributed by atoms with Gasteiger partial charge in [0.1, 0.15) is 12.4 Å². The van der Waals surface area contributed by atoms with E-state index in [9.17, 15) is 13.2 Å². The van der Waals surface area contributed by atoms with Gasteiger partial charge >= 0.3 is 6.18 Å². The van der Waals surface area contributed by atoms with Gasteiger partial charge in [-0.3, -0.25) is 0 Å². The van der Waals surface area contributed by atoms with Gasteiger partial charge in [0.25, 0.3) is 0 Å². The van der Waals surface area contributed by atoms with E-state index in [1.807, 2.05) is 6.92 Å². The third-order valence-corrected chi connectivity index (χ3v) is 1.96. The first kappa shape index (κ1) is 15.5. The van der Waals surface area contributed by atoms with Crippen LogP contribution >= 0.6 is 0 Å². The van der Waals surface area contributed by atoms with Crippen LogP contribution in [-0.4, -0.2) is 36.4 Å². The summed E-state index contributed by atoms with van der Waals surface area (Å²) in [6.07, 6.45) is -3.54. The van der Waals surface area contributed by atoms with Gasteiger partial charge in [-0.15, -0.1) is 0 Å². The van der Waals surface area contributed by atoms with Gasteiger partial charge in [0.15, 0.2) is 12.4 Å². The third kappa shape index (κ3) is 6.23.